The van der Waals surface area contributed by atoms with Crippen LogP contribution in [0.2, 0.25) is 25.1 Å². The van der Waals surface area contributed by atoms with Gasteiger partial charge in [0.2, 0.25) is 0 Å². The SMILES string of the molecule is O=C(NCCO)c1ccc(COc2c(Cl)c(Cl)c(Cl)c(Cl)c2Cl)o1. The van der Waals surface area contributed by atoms with Gasteiger partial charge in [0.05, 0.1) is 21.7 Å². The number of halogens is 5. The second-order valence-corrected chi connectivity index (χ2v) is 6.32. The minimum atomic E-state index is -0.455. The molecule has 2 N–H and O–H groups in total. The minimum absolute atomic E-state index is 0.0172. The van der Waals surface area contributed by atoms with Gasteiger partial charge in [-0.1, -0.05) is 58.0 Å². The van der Waals surface area contributed by atoms with Gasteiger partial charge in [-0.3, -0.25) is 4.79 Å². The zero-order valence-electron chi connectivity index (χ0n) is 11.8. The molecule has 0 aliphatic rings. The number of amides is 1. The second-order valence-electron chi connectivity index (χ2n) is 4.43. The van der Waals surface area contributed by atoms with Crippen LogP contribution in [-0.2, 0) is 6.61 Å². The Kier molecular flexibility index (Phi) is 6.92. The molecule has 130 valence electrons. The zero-order chi connectivity index (χ0) is 17.9. The highest BCUT2D eigenvalue weighted by Crippen LogP contribution is 2.48. The van der Waals surface area contributed by atoms with Crippen molar-refractivity contribution in [3.8, 4) is 5.75 Å². The molecule has 2 aromatic rings. The van der Waals surface area contributed by atoms with Crippen molar-refractivity contribution in [1.82, 2.24) is 5.32 Å². The summed E-state index contributed by atoms with van der Waals surface area (Å²) < 4.78 is 10.8. The first kappa shape index (κ1) is 19.5. The third kappa shape index (κ3) is 4.23. The fraction of sp³-hybridized carbons (Fsp3) is 0.214. The van der Waals surface area contributed by atoms with Gasteiger partial charge in [0, 0.05) is 6.54 Å². The van der Waals surface area contributed by atoms with E-state index in [2.05, 4.69) is 5.32 Å². The first-order valence-corrected chi connectivity index (χ1v) is 8.37. The van der Waals surface area contributed by atoms with Crippen LogP contribution in [-0.4, -0.2) is 24.2 Å². The van der Waals surface area contributed by atoms with E-state index in [-0.39, 0.29) is 56.4 Å². The molecular formula is C14H10Cl5NO4. The van der Waals surface area contributed by atoms with Crippen molar-refractivity contribution in [2.24, 2.45) is 0 Å². The lowest BCUT2D eigenvalue weighted by atomic mass is 10.3. The molecule has 0 saturated carbocycles. The van der Waals surface area contributed by atoms with Gasteiger partial charge >= 0.3 is 0 Å². The number of hydrogen-bond acceptors (Lipinski definition) is 4. The van der Waals surface area contributed by atoms with Gasteiger partial charge in [0.1, 0.15) is 22.4 Å². The van der Waals surface area contributed by atoms with Crippen LogP contribution in [0.4, 0.5) is 0 Å². The molecule has 0 bridgehead atoms. The number of nitrogens with one attached hydrogen (secondary N) is 1. The largest absolute Gasteiger partial charge is 0.482 e. The molecule has 1 amide bonds. The molecular weight excluding hydrogens is 423 g/mol. The van der Waals surface area contributed by atoms with Gasteiger partial charge in [-0.2, -0.15) is 0 Å². The van der Waals surface area contributed by atoms with Crippen molar-refractivity contribution >= 4 is 63.9 Å². The maximum absolute atomic E-state index is 11.7. The summed E-state index contributed by atoms with van der Waals surface area (Å²) in [6.07, 6.45) is 0. The Bertz CT molecular complexity index is 733. The standard InChI is InChI=1S/C14H10Cl5NO4/c15-8-9(16)11(18)13(12(19)10(8)17)23-5-6-1-2-7(24-6)14(22)20-3-4-21/h1-2,21H,3-5H2,(H,20,22). The third-order valence-electron chi connectivity index (χ3n) is 2.81. The minimum Gasteiger partial charge on any atom is -0.482 e. The molecule has 0 unspecified atom stereocenters. The Morgan fingerprint density at radius 2 is 1.62 bits per heavy atom. The number of furan rings is 1. The molecule has 0 aliphatic carbocycles. The number of rotatable bonds is 6. The number of ether oxygens (including phenoxy) is 1. The molecule has 1 aromatic carbocycles. The van der Waals surface area contributed by atoms with Crippen molar-refractivity contribution in [1.29, 1.82) is 0 Å². The monoisotopic (exact) mass is 431 g/mol. The summed E-state index contributed by atoms with van der Waals surface area (Å²) in [6, 6.07) is 3.02. The Labute approximate surface area is 162 Å². The van der Waals surface area contributed by atoms with E-state index in [1.807, 2.05) is 0 Å². The molecule has 0 aliphatic heterocycles. The maximum atomic E-state index is 11.7. The second kappa shape index (κ2) is 8.52. The lowest BCUT2D eigenvalue weighted by molar-refractivity contribution is 0.0913. The molecule has 0 fully saturated rings. The summed E-state index contributed by atoms with van der Waals surface area (Å²) in [6.45, 7) is -0.114. The fourth-order valence-corrected chi connectivity index (χ4v) is 2.92. The van der Waals surface area contributed by atoms with Crippen LogP contribution in [0, 0.1) is 0 Å². The normalized spacial score (nSPS) is 10.8. The number of carbonyl (C=O) groups excluding carboxylic acids is 1. The molecule has 2 rings (SSSR count). The summed E-state index contributed by atoms with van der Waals surface area (Å²) in [5.41, 5.74) is 0. The predicted octanol–water partition coefficient (Wildman–Crippen LogP) is 4.85. The fourth-order valence-electron chi connectivity index (χ4n) is 1.69. The van der Waals surface area contributed by atoms with Crippen LogP contribution in [0.1, 0.15) is 16.3 Å². The van der Waals surface area contributed by atoms with Crippen LogP contribution in [0.15, 0.2) is 16.5 Å². The Hall–Kier alpha value is -0.820. The molecule has 0 saturated heterocycles. The summed E-state index contributed by atoms with van der Waals surface area (Å²) in [5, 5.41) is 11.2. The summed E-state index contributed by atoms with van der Waals surface area (Å²) in [5.74, 6) is 0.0225. The summed E-state index contributed by atoms with van der Waals surface area (Å²) in [7, 11) is 0. The average Bonchev–Trinajstić information content (AvgIpc) is 3.05. The molecule has 10 heteroatoms. The number of aliphatic hydroxyl groups is 1. The first-order valence-electron chi connectivity index (χ1n) is 6.48. The maximum Gasteiger partial charge on any atom is 0.287 e. The van der Waals surface area contributed by atoms with Crippen molar-refractivity contribution in [2.75, 3.05) is 13.2 Å². The van der Waals surface area contributed by atoms with E-state index in [4.69, 9.17) is 72.3 Å². The Morgan fingerprint density at radius 3 is 2.21 bits per heavy atom. The number of aliphatic hydroxyl groups excluding tert-OH is 1. The predicted molar refractivity (Wildman–Crippen MR) is 94.0 cm³/mol. The van der Waals surface area contributed by atoms with Gasteiger partial charge < -0.3 is 19.6 Å². The van der Waals surface area contributed by atoms with Crippen molar-refractivity contribution in [3.05, 3.63) is 48.8 Å². The van der Waals surface area contributed by atoms with E-state index in [1.54, 1.807) is 6.07 Å². The Balaban J connectivity index is 2.12. The highest BCUT2D eigenvalue weighted by atomic mass is 35.5. The van der Waals surface area contributed by atoms with Gasteiger partial charge in [0.25, 0.3) is 5.91 Å². The van der Waals surface area contributed by atoms with Crippen molar-refractivity contribution in [2.45, 2.75) is 6.61 Å². The number of benzene rings is 1. The molecule has 24 heavy (non-hydrogen) atoms. The molecule has 1 heterocycles. The molecule has 0 atom stereocenters. The van der Waals surface area contributed by atoms with Crippen LogP contribution < -0.4 is 10.1 Å². The highest BCUT2D eigenvalue weighted by molar-refractivity contribution is 6.55. The van der Waals surface area contributed by atoms with E-state index in [0.29, 0.717) is 5.76 Å². The van der Waals surface area contributed by atoms with Crippen LogP contribution in [0.5, 0.6) is 5.75 Å². The molecule has 5 nitrogen and oxygen atoms in total. The zero-order valence-corrected chi connectivity index (χ0v) is 15.6. The van der Waals surface area contributed by atoms with Crippen molar-refractivity contribution < 1.29 is 19.1 Å². The van der Waals surface area contributed by atoms with E-state index in [9.17, 15) is 4.79 Å². The van der Waals surface area contributed by atoms with Crippen LogP contribution in [0.25, 0.3) is 0 Å². The van der Waals surface area contributed by atoms with E-state index < -0.39 is 5.91 Å². The lowest BCUT2D eigenvalue weighted by Gasteiger charge is -2.12. The van der Waals surface area contributed by atoms with Gasteiger partial charge in [-0.15, -0.1) is 0 Å². The highest BCUT2D eigenvalue weighted by Gasteiger charge is 2.21. The van der Waals surface area contributed by atoms with Crippen LogP contribution in [0.3, 0.4) is 0 Å². The van der Waals surface area contributed by atoms with Gasteiger partial charge in [-0.25, -0.2) is 0 Å². The third-order valence-corrected chi connectivity index (χ3v) is 5.05. The Morgan fingerprint density at radius 1 is 1.04 bits per heavy atom. The molecule has 0 radical (unpaired) electrons. The van der Waals surface area contributed by atoms with Gasteiger partial charge in [0.15, 0.2) is 11.5 Å². The average molecular weight is 434 g/mol. The van der Waals surface area contributed by atoms with Crippen molar-refractivity contribution in [3.63, 3.8) is 0 Å². The summed E-state index contributed by atoms with van der Waals surface area (Å²) >= 11 is 29.9. The number of hydrogen-bond donors (Lipinski definition) is 2. The molecule has 0 spiro atoms. The first-order chi connectivity index (χ1) is 11.4. The van der Waals surface area contributed by atoms with Gasteiger partial charge in [-0.05, 0) is 12.1 Å². The van der Waals surface area contributed by atoms with Crippen LogP contribution >= 0.6 is 58.0 Å². The van der Waals surface area contributed by atoms with E-state index in [1.165, 1.54) is 6.07 Å². The lowest BCUT2D eigenvalue weighted by Crippen LogP contribution is -2.25. The van der Waals surface area contributed by atoms with E-state index in [0.717, 1.165) is 0 Å². The number of carbonyl (C=O) groups is 1. The topological polar surface area (TPSA) is 71.7 Å². The summed E-state index contributed by atoms with van der Waals surface area (Å²) in [4.78, 5) is 11.7. The molecule has 1 aromatic heterocycles. The van der Waals surface area contributed by atoms with E-state index >= 15 is 0 Å². The quantitative estimate of drug-likeness (QED) is 0.505. The smallest absolute Gasteiger partial charge is 0.287 e.